The largest absolute Gasteiger partial charge is 0.383 e. The molecule has 0 radical (unpaired) electrons. The van der Waals surface area contributed by atoms with Crippen LogP contribution >= 0.6 is 0 Å². The van der Waals surface area contributed by atoms with Crippen molar-refractivity contribution in [2.24, 2.45) is 11.8 Å². The Hall–Kier alpha value is -2.01. The topological polar surface area (TPSA) is 68.6 Å². The molecule has 1 aromatic carbocycles. The monoisotopic (exact) mass is 442 g/mol. The highest BCUT2D eigenvalue weighted by Crippen LogP contribution is 2.36. The lowest BCUT2D eigenvalue weighted by molar-refractivity contribution is -0.122. The zero-order valence-electron chi connectivity index (χ0n) is 19.2. The van der Waals surface area contributed by atoms with Gasteiger partial charge in [-0.3, -0.25) is 9.69 Å². The molecule has 0 spiro atoms. The molecule has 1 unspecified atom stereocenters. The molecular weight excluding hydrogens is 407 g/mol. The quantitative estimate of drug-likeness (QED) is 0.634. The highest BCUT2D eigenvalue weighted by molar-refractivity contribution is 5.85. The van der Waals surface area contributed by atoms with E-state index in [1.165, 1.54) is 0 Å². The number of ketones is 1. The first-order valence-corrected chi connectivity index (χ1v) is 11.9. The summed E-state index contributed by atoms with van der Waals surface area (Å²) in [5.41, 5.74) is 1.39. The maximum atomic E-state index is 14.9. The number of benzene rings is 1. The van der Waals surface area contributed by atoms with Crippen molar-refractivity contribution in [2.45, 2.75) is 57.2 Å². The van der Waals surface area contributed by atoms with Crippen LogP contribution in [0.2, 0.25) is 0 Å². The molecule has 2 bridgehead atoms. The first kappa shape index (κ1) is 23.2. The van der Waals surface area contributed by atoms with Crippen molar-refractivity contribution in [3.8, 4) is 6.07 Å². The summed E-state index contributed by atoms with van der Waals surface area (Å²) < 4.78 is 20.1. The van der Waals surface area contributed by atoms with Crippen molar-refractivity contribution >= 4 is 11.5 Å². The number of hydrogen-bond acceptors (Lipinski definition) is 6. The summed E-state index contributed by atoms with van der Waals surface area (Å²) in [6.07, 6.45) is 3.79. The number of carbonyl (C=O) groups is 1. The van der Waals surface area contributed by atoms with Gasteiger partial charge in [-0.2, -0.15) is 5.26 Å². The normalized spacial score (nSPS) is 28.6. The molecule has 32 heavy (non-hydrogen) atoms. The average Bonchev–Trinajstić information content (AvgIpc) is 3.43. The molecule has 3 aliphatic rings. The third kappa shape index (κ3) is 5.14. The predicted molar refractivity (Wildman–Crippen MR) is 122 cm³/mol. The van der Waals surface area contributed by atoms with Gasteiger partial charge in [0.05, 0.1) is 24.6 Å². The third-order valence-corrected chi connectivity index (χ3v) is 7.55. The number of piperazine rings is 1. The van der Waals surface area contributed by atoms with Gasteiger partial charge in [0.15, 0.2) is 5.78 Å². The van der Waals surface area contributed by atoms with Crippen LogP contribution in [-0.2, 0) is 16.0 Å². The Morgan fingerprint density at radius 3 is 2.84 bits per heavy atom. The molecule has 3 fully saturated rings. The summed E-state index contributed by atoms with van der Waals surface area (Å²) in [5, 5.41) is 13.0. The molecule has 174 valence electrons. The van der Waals surface area contributed by atoms with E-state index < -0.39 is 5.92 Å². The number of halogens is 1. The summed E-state index contributed by atoms with van der Waals surface area (Å²) in [5.74, 6) is -0.253. The number of carbonyl (C=O) groups excluding carboxylic acids is 1. The van der Waals surface area contributed by atoms with E-state index in [0.29, 0.717) is 30.2 Å². The lowest BCUT2D eigenvalue weighted by Crippen LogP contribution is -2.52. The summed E-state index contributed by atoms with van der Waals surface area (Å²) in [7, 11) is 1.72. The van der Waals surface area contributed by atoms with E-state index in [9.17, 15) is 14.4 Å². The van der Waals surface area contributed by atoms with Gasteiger partial charge in [-0.05, 0) is 56.2 Å². The number of nitrogens with zero attached hydrogens (tertiary/aromatic N) is 3. The lowest BCUT2D eigenvalue weighted by Gasteiger charge is -2.41. The Labute approximate surface area is 190 Å². The Morgan fingerprint density at radius 1 is 1.38 bits per heavy atom. The minimum absolute atomic E-state index is 0.110. The second kappa shape index (κ2) is 10.3. The van der Waals surface area contributed by atoms with Gasteiger partial charge in [0, 0.05) is 57.5 Å². The van der Waals surface area contributed by atoms with Gasteiger partial charge in [0.2, 0.25) is 0 Å². The van der Waals surface area contributed by atoms with Gasteiger partial charge >= 0.3 is 0 Å². The molecule has 5 atom stereocenters. The molecule has 1 aromatic rings. The van der Waals surface area contributed by atoms with Crippen molar-refractivity contribution in [2.75, 3.05) is 44.8 Å². The predicted octanol–water partition coefficient (Wildman–Crippen LogP) is 2.76. The van der Waals surface area contributed by atoms with E-state index in [1.807, 2.05) is 6.07 Å². The number of hydrogen-bond donors (Lipinski definition) is 1. The second-order valence-electron chi connectivity index (χ2n) is 9.71. The molecule has 0 aromatic heterocycles. The molecule has 1 N–H and O–H groups in total. The summed E-state index contributed by atoms with van der Waals surface area (Å²) in [4.78, 5) is 17.3. The van der Waals surface area contributed by atoms with Crippen LogP contribution in [0.1, 0.15) is 38.2 Å². The zero-order valence-corrected chi connectivity index (χ0v) is 19.2. The minimum Gasteiger partial charge on any atom is -0.383 e. The van der Waals surface area contributed by atoms with E-state index in [0.717, 1.165) is 51.1 Å². The highest BCUT2D eigenvalue weighted by Gasteiger charge is 2.42. The molecule has 1 saturated carbocycles. The summed E-state index contributed by atoms with van der Waals surface area (Å²) in [6.45, 7) is 6.42. The standard InChI is InChI=1S/C25H35FN4O2/c1-17-16-30(8-7-29(17)9-10-32-2)22-6-4-19(23(26)14-22)11-18(15-27)12-24(31)25-20-3-5-21(13-20)28-25/h4,6,14,17-18,20-21,25,28H,3,5,7-13,16H2,1-2H3/t17?,18-,20+,21-,25+/m1/s1. The fourth-order valence-corrected chi connectivity index (χ4v) is 5.68. The van der Waals surface area contributed by atoms with Gasteiger partial charge in [0.25, 0.3) is 0 Å². The van der Waals surface area contributed by atoms with Crippen LogP contribution in [0.4, 0.5) is 10.1 Å². The molecule has 1 aliphatic carbocycles. The first-order chi connectivity index (χ1) is 15.5. The lowest BCUT2D eigenvalue weighted by atomic mass is 9.88. The molecule has 6 nitrogen and oxygen atoms in total. The number of ether oxygens (including phenoxy) is 1. The van der Waals surface area contributed by atoms with E-state index in [-0.39, 0.29) is 30.5 Å². The zero-order chi connectivity index (χ0) is 22.7. The SMILES string of the molecule is COCCN1CCN(c2ccc(C[C@@H](C#N)CC(=O)[C@H]3N[C@@H]4CC[C@H]3C4)c(F)c2)CC1C. The minimum atomic E-state index is -0.492. The summed E-state index contributed by atoms with van der Waals surface area (Å²) in [6, 6.07) is 8.28. The van der Waals surface area contributed by atoms with Gasteiger partial charge in [-0.15, -0.1) is 0 Å². The van der Waals surface area contributed by atoms with Crippen LogP contribution < -0.4 is 10.2 Å². The van der Waals surface area contributed by atoms with Crippen molar-refractivity contribution in [3.05, 3.63) is 29.6 Å². The van der Waals surface area contributed by atoms with E-state index in [1.54, 1.807) is 19.2 Å². The maximum Gasteiger partial charge on any atom is 0.151 e. The molecule has 2 saturated heterocycles. The van der Waals surface area contributed by atoms with Crippen LogP contribution in [0, 0.1) is 29.0 Å². The molecule has 0 amide bonds. The van der Waals surface area contributed by atoms with Crippen LogP contribution in [0.5, 0.6) is 0 Å². The Balaban J connectivity index is 1.33. The third-order valence-electron chi connectivity index (χ3n) is 7.55. The second-order valence-corrected chi connectivity index (χ2v) is 9.71. The fraction of sp³-hybridized carbons (Fsp3) is 0.680. The van der Waals surface area contributed by atoms with Gasteiger partial charge in [0.1, 0.15) is 5.82 Å². The Bertz CT molecular complexity index is 857. The number of Topliss-reactive ketones (excluding diaryl/α,β-unsaturated/α-hetero) is 1. The number of nitriles is 1. The molecular formula is C25H35FN4O2. The van der Waals surface area contributed by atoms with Crippen LogP contribution in [-0.4, -0.2) is 68.7 Å². The van der Waals surface area contributed by atoms with E-state index >= 15 is 0 Å². The van der Waals surface area contributed by atoms with Gasteiger partial charge in [-0.1, -0.05) is 6.07 Å². The van der Waals surface area contributed by atoms with Gasteiger partial charge < -0.3 is 15.0 Å². The molecule has 2 aliphatic heterocycles. The van der Waals surface area contributed by atoms with Crippen LogP contribution in [0.3, 0.4) is 0 Å². The summed E-state index contributed by atoms with van der Waals surface area (Å²) >= 11 is 0. The number of piperidine rings is 1. The Morgan fingerprint density at radius 2 is 2.22 bits per heavy atom. The number of anilines is 1. The smallest absolute Gasteiger partial charge is 0.151 e. The number of fused-ring (bicyclic) bond motifs is 2. The van der Waals surface area contributed by atoms with Crippen molar-refractivity contribution in [1.29, 1.82) is 5.26 Å². The number of methoxy groups -OCH3 is 1. The number of rotatable bonds is 9. The van der Waals surface area contributed by atoms with Gasteiger partial charge in [-0.25, -0.2) is 4.39 Å². The van der Waals surface area contributed by atoms with Crippen molar-refractivity contribution in [3.63, 3.8) is 0 Å². The first-order valence-electron chi connectivity index (χ1n) is 11.9. The average molecular weight is 443 g/mol. The maximum absolute atomic E-state index is 14.9. The highest BCUT2D eigenvalue weighted by atomic mass is 19.1. The molecule has 4 rings (SSSR count). The molecule has 7 heteroatoms. The van der Waals surface area contributed by atoms with E-state index in [4.69, 9.17) is 4.74 Å². The van der Waals surface area contributed by atoms with Crippen LogP contribution in [0.25, 0.3) is 0 Å². The fourth-order valence-electron chi connectivity index (χ4n) is 5.68. The van der Waals surface area contributed by atoms with Crippen molar-refractivity contribution in [1.82, 2.24) is 10.2 Å². The number of nitrogens with one attached hydrogen (secondary N) is 1. The molecule has 2 heterocycles. The Kier molecular flexibility index (Phi) is 7.44. The van der Waals surface area contributed by atoms with Crippen LogP contribution in [0.15, 0.2) is 18.2 Å². The van der Waals surface area contributed by atoms with E-state index in [2.05, 4.69) is 28.1 Å². The van der Waals surface area contributed by atoms with Crippen molar-refractivity contribution < 1.29 is 13.9 Å².